The molecule has 2 N–H and O–H groups in total. The lowest BCUT2D eigenvalue weighted by Crippen LogP contribution is -2.38. The van der Waals surface area contributed by atoms with Crippen LogP contribution in [0.1, 0.15) is 26.2 Å². The summed E-state index contributed by atoms with van der Waals surface area (Å²) in [6.07, 6.45) is 2.87. The molecule has 0 radical (unpaired) electrons. The molecule has 19 heavy (non-hydrogen) atoms. The predicted octanol–water partition coefficient (Wildman–Crippen LogP) is 3.93. The van der Waals surface area contributed by atoms with Crippen LogP contribution in [-0.2, 0) is 4.79 Å². The van der Waals surface area contributed by atoms with Gasteiger partial charge in [-0.3, -0.25) is 4.79 Å². The van der Waals surface area contributed by atoms with E-state index >= 15 is 0 Å². The number of rotatable bonds is 4. The fourth-order valence-corrected chi connectivity index (χ4v) is 3.30. The summed E-state index contributed by atoms with van der Waals surface area (Å²) in [5.74, 6) is 0.123. The Labute approximate surface area is 130 Å². The molecule has 1 aliphatic rings. The van der Waals surface area contributed by atoms with Crippen molar-refractivity contribution in [1.29, 1.82) is 0 Å². The van der Waals surface area contributed by atoms with Crippen molar-refractivity contribution in [1.82, 2.24) is 5.32 Å². The molecule has 1 amide bonds. The van der Waals surface area contributed by atoms with Gasteiger partial charge in [-0.25, -0.2) is 0 Å². The van der Waals surface area contributed by atoms with Crippen LogP contribution in [0.15, 0.2) is 27.1 Å². The molecule has 1 fully saturated rings. The molecule has 2 rings (SSSR count). The molecule has 5 heteroatoms. The van der Waals surface area contributed by atoms with Crippen molar-refractivity contribution in [2.45, 2.75) is 26.2 Å². The fraction of sp³-hybridized carbons (Fsp3) is 0.500. The number of carbonyl (C=O) groups excluding carboxylic acids is 1. The van der Waals surface area contributed by atoms with E-state index in [0.717, 1.165) is 47.0 Å². The van der Waals surface area contributed by atoms with E-state index in [2.05, 4.69) is 49.4 Å². The Hall–Kier alpha value is -0.390. The maximum absolute atomic E-state index is 12.6. The Morgan fingerprint density at radius 3 is 2.89 bits per heavy atom. The summed E-state index contributed by atoms with van der Waals surface area (Å²) in [4.78, 5) is 12.6. The first-order valence-electron chi connectivity index (χ1n) is 6.54. The van der Waals surface area contributed by atoms with Crippen LogP contribution in [0.3, 0.4) is 0 Å². The van der Waals surface area contributed by atoms with Gasteiger partial charge in [-0.2, -0.15) is 0 Å². The quantitative estimate of drug-likeness (QED) is 0.818. The normalized spacial score (nSPS) is 22.5. The Kier molecular flexibility index (Phi) is 5.03. The van der Waals surface area contributed by atoms with Crippen molar-refractivity contribution in [3.63, 3.8) is 0 Å². The van der Waals surface area contributed by atoms with Gasteiger partial charge in [0.25, 0.3) is 0 Å². The van der Waals surface area contributed by atoms with Crippen LogP contribution in [0.4, 0.5) is 5.69 Å². The summed E-state index contributed by atoms with van der Waals surface area (Å²) < 4.78 is 1.86. The first kappa shape index (κ1) is 15.0. The summed E-state index contributed by atoms with van der Waals surface area (Å²) >= 11 is 6.90. The van der Waals surface area contributed by atoms with Crippen LogP contribution in [0.25, 0.3) is 0 Å². The van der Waals surface area contributed by atoms with Crippen molar-refractivity contribution < 1.29 is 4.79 Å². The number of hydrogen-bond donors (Lipinski definition) is 2. The lowest BCUT2D eigenvalue weighted by Gasteiger charge is -2.26. The molecule has 0 aliphatic carbocycles. The highest BCUT2D eigenvalue weighted by Crippen LogP contribution is 2.34. The molecule has 1 heterocycles. The largest absolute Gasteiger partial charge is 0.325 e. The van der Waals surface area contributed by atoms with Gasteiger partial charge in [-0.1, -0.05) is 29.3 Å². The maximum atomic E-state index is 12.6. The van der Waals surface area contributed by atoms with E-state index in [9.17, 15) is 4.79 Å². The molecule has 104 valence electrons. The number of nitrogens with one attached hydrogen (secondary N) is 2. The van der Waals surface area contributed by atoms with Gasteiger partial charge < -0.3 is 10.6 Å². The predicted molar refractivity (Wildman–Crippen MR) is 85.3 cm³/mol. The van der Waals surface area contributed by atoms with Gasteiger partial charge >= 0.3 is 0 Å². The Bertz CT molecular complexity index is 471. The van der Waals surface area contributed by atoms with Gasteiger partial charge in [0.05, 0.1) is 11.1 Å². The number of hydrogen-bond acceptors (Lipinski definition) is 2. The molecular weight excluding hydrogens is 372 g/mol. The van der Waals surface area contributed by atoms with Crippen LogP contribution in [0, 0.1) is 5.41 Å². The van der Waals surface area contributed by atoms with Gasteiger partial charge in [0, 0.05) is 15.5 Å². The molecule has 0 spiro atoms. The number of anilines is 1. The van der Waals surface area contributed by atoms with Crippen molar-refractivity contribution in [3.8, 4) is 0 Å². The SMILES string of the molecule is CCCC1(C(=O)Nc2cc(Br)ccc2Br)CCNC1. The Balaban J connectivity index is 2.17. The highest BCUT2D eigenvalue weighted by Gasteiger charge is 2.40. The summed E-state index contributed by atoms with van der Waals surface area (Å²) in [5.41, 5.74) is 0.568. The highest BCUT2D eigenvalue weighted by molar-refractivity contribution is 9.11. The molecule has 0 bridgehead atoms. The molecule has 1 atom stereocenters. The van der Waals surface area contributed by atoms with Crippen LogP contribution in [-0.4, -0.2) is 19.0 Å². The zero-order valence-electron chi connectivity index (χ0n) is 10.9. The van der Waals surface area contributed by atoms with Gasteiger partial charge in [0.15, 0.2) is 0 Å². The van der Waals surface area contributed by atoms with Gasteiger partial charge in [-0.05, 0) is 53.5 Å². The van der Waals surface area contributed by atoms with E-state index in [-0.39, 0.29) is 11.3 Å². The second-order valence-electron chi connectivity index (χ2n) is 5.04. The van der Waals surface area contributed by atoms with E-state index in [1.165, 1.54) is 0 Å². The first-order valence-corrected chi connectivity index (χ1v) is 8.13. The average molecular weight is 390 g/mol. The molecule has 1 saturated heterocycles. The number of amides is 1. The molecule has 1 unspecified atom stereocenters. The molecule has 1 aromatic carbocycles. The average Bonchev–Trinajstić information content (AvgIpc) is 2.84. The zero-order valence-corrected chi connectivity index (χ0v) is 14.1. The third-order valence-corrected chi connectivity index (χ3v) is 4.82. The summed E-state index contributed by atoms with van der Waals surface area (Å²) in [5, 5.41) is 6.37. The zero-order chi connectivity index (χ0) is 13.9. The van der Waals surface area contributed by atoms with Crippen molar-refractivity contribution in [3.05, 3.63) is 27.1 Å². The van der Waals surface area contributed by atoms with E-state index in [1.54, 1.807) is 0 Å². The minimum Gasteiger partial charge on any atom is -0.325 e. The minimum atomic E-state index is -0.253. The lowest BCUT2D eigenvalue weighted by molar-refractivity contribution is -0.125. The van der Waals surface area contributed by atoms with Crippen LogP contribution < -0.4 is 10.6 Å². The second-order valence-corrected chi connectivity index (χ2v) is 6.81. The first-order chi connectivity index (χ1) is 9.07. The van der Waals surface area contributed by atoms with E-state index in [4.69, 9.17) is 0 Å². The summed E-state index contributed by atoms with van der Waals surface area (Å²) in [6.45, 7) is 3.83. The molecule has 1 aliphatic heterocycles. The minimum absolute atomic E-state index is 0.123. The third kappa shape index (κ3) is 3.38. The number of carbonyl (C=O) groups is 1. The Morgan fingerprint density at radius 2 is 2.26 bits per heavy atom. The molecule has 3 nitrogen and oxygen atoms in total. The van der Waals surface area contributed by atoms with Crippen LogP contribution >= 0.6 is 31.9 Å². The van der Waals surface area contributed by atoms with Gasteiger partial charge in [0.1, 0.15) is 0 Å². The second kappa shape index (κ2) is 6.37. The van der Waals surface area contributed by atoms with Crippen molar-refractivity contribution in [2.24, 2.45) is 5.41 Å². The molecular formula is C14H18Br2N2O. The molecule has 0 aromatic heterocycles. The highest BCUT2D eigenvalue weighted by atomic mass is 79.9. The molecule has 0 saturated carbocycles. The molecule has 1 aromatic rings. The standard InChI is InChI=1S/C14H18Br2N2O/c1-2-5-14(6-7-17-9-14)13(19)18-12-8-10(15)3-4-11(12)16/h3-4,8,17H,2,5-7,9H2,1H3,(H,18,19). The van der Waals surface area contributed by atoms with Crippen LogP contribution in [0.2, 0.25) is 0 Å². The monoisotopic (exact) mass is 388 g/mol. The van der Waals surface area contributed by atoms with Gasteiger partial charge in [-0.15, -0.1) is 0 Å². The lowest BCUT2D eigenvalue weighted by atomic mass is 9.81. The van der Waals surface area contributed by atoms with E-state index in [0.29, 0.717) is 0 Å². The van der Waals surface area contributed by atoms with Crippen molar-refractivity contribution >= 4 is 43.5 Å². The van der Waals surface area contributed by atoms with E-state index < -0.39 is 0 Å². The number of halogens is 2. The van der Waals surface area contributed by atoms with Gasteiger partial charge in [0.2, 0.25) is 5.91 Å². The topological polar surface area (TPSA) is 41.1 Å². The van der Waals surface area contributed by atoms with Crippen LogP contribution in [0.5, 0.6) is 0 Å². The Morgan fingerprint density at radius 1 is 1.47 bits per heavy atom. The summed E-state index contributed by atoms with van der Waals surface area (Å²) in [7, 11) is 0. The van der Waals surface area contributed by atoms with Crippen molar-refractivity contribution in [2.75, 3.05) is 18.4 Å². The maximum Gasteiger partial charge on any atom is 0.231 e. The smallest absolute Gasteiger partial charge is 0.231 e. The van der Waals surface area contributed by atoms with E-state index in [1.807, 2.05) is 18.2 Å². The third-order valence-electron chi connectivity index (χ3n) is 3.63. The number of benzene rings is 1. The fourth-order valence-electron chi connectivity index (χ4n) is 2.59. The summed E-state index contributed by atoms with van der Waals surface area (Å²) in [6, 6.07) is 5.79.